The molecular weight excluding hydrogens is 218 g/mol. The summed E-state index contributed by atoms with van der Waals surface area (Å²) in [7, 11) is 0. The van der Waals surface area contributed by atoms with Gasteiger partial charge in [0.1, 0.15) is 0 Å². The van der Waals surface area contributed by atoms with Gasteiger partial charge in [-0.3, -0.25) is 4.98 Å². The van der Waals surface area contributed by atoms with Gasteiger partial charge in [0.2, 0.25) is 0 Å². The van der Waals surface area contributed by atoms with Gasteiger partial charge in [-0.05, 0) is 67.5 Å². The first kappa shape index (κ1) is 13.1. The minimum absolute atomic E-state index is 0.153. The van der Waals surface area contributed by atoms with Crippen LogP contribution in [0.5, 0.6) is 0 Å². The Morgan fingerprint density at radius 1 is 0.889 bits per heavy atom. The van der Waals surface area contributed by atoms with Gasteiger partial charge in [0.15, 0.2) is 0 Å². The van der Waals surface area contributed by atoms with Crippen LogP contribution in [0.3, 0.4) is 0 Å². The van der Waals surface area contributed by atoms with E-state index in [4.69, 9.17) is 4.98 Å². The summed E-state index contributed by atoms with van der Waals surface area (Å²) in [5.74, 6) is 0. The molecule has 0 spiro atoms. The molecule has 1 heterocycles. The summed E-state index contributed by atoms with van der Waals surface area (Å²) < 4.78 is 0. The van der Waals surface area contributed by atoms with Gasteiger partial charge in [0.25, 0.3) is 0 Å². The van der Waals surface area contributed by atoms with Crippen molar-refractivity contribution in [3.63, 3.8) is 0 Å². The molecule has 0 aliphatic heterocycles. The third kappa shape index (κ3) is 2.03. The van der Waals surface area contributed by atoms with Crippen LogP contribution in [0.1, 0.15) is 48.7 Å². The normalized spacial score (nSPS) is 12.2. The van der Waals surface area contributed by atoms with Crippen molar-refractivity contribution in [2.75, 3.05) is 0 Å². The fraction of sp³-hybridized carbons (Fsp3) is 0.471. The highest BCUT2D eigenvalue weighted by molar-refractivity contribution is 5.88. The van der Waals surface area contributed by atoms with Gasteiger partial charge in [-0.25, -0.2) is 0 Å². The number of benzene rings is 1. The molecule has 2 aromatic rings. The first-order valence-corrected chi connectivity index (χ1v) is 6.60. The smallest absolute Gasteiger partial charge is 0.0740 e. The topological polar surface area (TPSA) is 12.9 Å². The molecule has 0 radical (unpaired) electrons. The molecule has 0 N–H and O–H groups in total. The minimum atomic E-state index is 0.153. The van der Waals surface area contributed by atoms with Crippen LogP contribution in [0.15, 0.2) is 12.1 Å². The van der Waals surface area contributed by atoms with Gasteiger partial charge < -0.3 is 0 Å². The number of rotatable bonds is 0. The zero-order valence-corrected chi connectivity index (χ0v) is 12.6. The summed E-state index contributed by atoms with van der Waals surface area (Å²) >= 11 is 0. The Labute approximate surface area is 110 Å². The average molecular weight is 241 g/mol. The van der Waals surface area contributed by atoms with E-state index in [1.54, 1.807) is 0 Å². The fourth-order valence-corrected chi connectivity index (χ4v) is 2.53. The van der Waals surface area contributed by atoms with Crippen LogP contribution in [0.4, 0.5) is 0 Å². The Hall–Kier alpha value is -1.37. The summed E-state index contributed by atoms with van der Waals surface area (Å²) in [5.41, 5.74) is 7.87. The molecule has 0 atom stereocenters. The molecule has 0 aliphatic rings. The van der Waals surface area contributed by atoms with E-state index in [0.717, 1.165) is 5.69 Å². The summed E-state index contributed by atoms with van der Waals surface area (Å²) in [6.45, 7) is 15.5. The second-order valence-electron chi connectivity index (χ2n) is 6.40. The standard InChI is InChI=1S/C17H23N/c1-10-8-14-15(17(5,6)7)9-11(2)18-16(14)13(4)12(10)3/h8-9H,1-7H3. The molecule has 0 aliphatic carbocycles. The molecule has 1 aromatic heterocycles. The summed E-state index contributed by atoms with van der Waals surface area (Å²) in [6.07, 6.45) is 0. The SMILES string of the molecule is Cc1cc(C(C)(C)C)c2cc(C)c(C)c(C)c2n1. The monoisotopic (exact) mass is 241 g/mol. The third-order valence-corrected chi connectivity index (χ3v) is 3.86. The number of fused-ring (bicyclic) bond motifs is 1. The highest BCUT2D eigenvalue weighted by atomic mass is 14.7. The van der Waals surface area contributed by atoms with Gasteiger partial charge >= 0.3 is 0 Å². The number of nitrogens with zero attached hydrogens (tertiary/aromatic N) is 1. The van der Waals surface area contributed by atoms with Gasteiger partial charge in [-0.1, -0.05) is 20.8 Å². The van der Waals surface area contributed by atoms with E-state index >= 15 is 0 Å². The lowest BCUT2D eigenvalue weighted by atomic mass is 9.83. The maximum absolute atomic E-state index is 4.75. The first-order chi connectivity index (χ1) is 8.21. The minimum Gasteiger partial charge on any atom is -0.253 e. The van der Waals surface area contributed by atoms with Crippen molar-refractivity contribution in [2.45, 2.75) is 53.9 Å². The van der Waals surface area contributed by atoms with E-state index in [1.807, 2.05) is 0 Å². The Bertz CT molecular complexity index is 616. The van der Waals surface area contributed by atoms with Crippen LogP contribution < -0.4 is 0 Å². The van der Waals surface area contributed by atoms with E-state index in [0.29, 0.717) is 0 Å². The largest absolute Gasteiger partial charge is 0.253 e. The van der Waals surface area contributed by atoms with Gasteiger partial charge in [-0.15, -0.1) is 0 Å². The Morgan fingerprint density at radius 3 is 2.06 bits per heavy atom. The maximum atomic E-state index is 4.75. The average Bonchev–Trinajstić information content (AvgIpc) is 2.25. The predicted octanol–water partition coefficient (Wildman–Crippen LogP) is 4.77. The van der Waals surface area contributed by atoms with Crippen molar-refractivity contribution in [3.05, 3.63) is 40.1 Å². The molecule has 1 heteroatoms. The third-order valence-electron chi connectivity index (χ3n) is 3.86. The zero-order chi connectivity index (χ0) is 13.7. The molecular formula is C17H23N. The van der Waals surface area contributed by atoms with Gasteiger partial charge in [0, 0.05) is 11.1 Å². The number of hydrogen-bond acceptors (Lipinski definition) is 1. The van der Waals surface area contributed by atoms with Crippen LogP contribution in [0.25, 0.3) is 10.9 Å². The molecule has 0 saturated heterocycles. The maximum Gasteiger partial charge on any atom is 0.0740 e. The summed E-state index contributed by atoms with van der Waals surface area (Å²) in [6, 6.07) is 4.53. The molecule has 0 unspecified atom stereocenters. The van der Waals surface area contributed by atoms with E-state index < -0.39 is 0 Å². The van der Waals surface area contributed by atoms with Crippen LogP contribution in [-0.4, -0.2) is 4.98 Å². The van der Waals surface area contributed by atoms with Crippen molar-refractivity contribution in [1.29, 1.82) is 0 Å². The van der Waals surface area contributed by atoms with Crippen molar-refractivity contribution in [1.82, 2.24) is 4.98 Å². The second kappa shape index (κ2) is 4.08. The van der Waals surface area contributed by atoms with Gasteiger partial charge in [-0.2, -0.15) is 0 Å². The fourth-order valence-electron chi connectivity index (χ4n) is 2.53. The van der Waals surface area contributed by atoms with E-state index in [9.17, 15) is 0 Å². The lowest BCUT2D eigenvalue weighted by Crippen LogP contribution is -2.13. The number of aromatic nitrogens is 1. The zero-order valence-electron chi connectivity index (χ0n) is 12.6. The Morgan fingerprint density at radius 2 is 1.50 bits per heavy atom. The Kier molecular flexibility index (Phi) is 2.96. The number of pyridine rings is 1. The molecule has 0 bridgehead atoms. The highest BCUT2D eigenvalue weighted by Gasteiger charge is 2.19. The molecule has 1 nitrogen and oxygen atoms in total. The first-order valence-electron chi connectivity index (χ1n) is 6.60. The lowest BCUT2D eigenvalue weighted by molar-refractivity contribution is 0.594. The summed E-state index contributed by atoms with van der Waals surface area (Å²) in [4.78, 5) is 4.75. The predicted molar refractivity (Wildman–Crippen MR) is 79.4 cm³/mol. The van der Waals surface area contributed by atoms with Crippen LogP contribution in [0.2, 0.25) is 0 Å². The quantitative estimate of drug-likeness (QED) is 0.647. The van der Waals surface area contributed by atoms with Crippen LogP contribution in [0, 0.1) is 27.7 Å². The van der Waals surface area contributed by atoms with E-state index in [-0.39, 0.29) is 5.41 Å². The van der Waals surface area contributed by atoms with Crippen LogP contribution >= 0.6 is 0 Å². The molecule has 0 fully saturated rings. The highest BCUT2D eigenvalue weighted by Crippen LogP contribution is 2.33. The second-order valence-corrected chi connectivity index (χ2v) is 6.40. The van der Waals surface area contributed by atoms with Crippen LogP contribution in [-0.2, 0) is 5.41 Å². The van der Waals surface area contributed by atoms with Crippen molar-refractivity contribution < 1.29 is 0 Å². The van der Waals surface area contributed by atoms with Crippen molar-refractivity contribution in [3.8, 4) is 0 Å². The summed E-state index contributed by atoms with van der Waals surface area (Å²) in [5, 5.41) is 1.31. The van der Waals surface area contributed by atoms with Crippen molar-refractivity contribution >= 4 is 10.9 Å². The number of aryl methyl sites for hydroxylation is 3. The molecule has 0 saturated carbocycles. The molecule has 1 aromatic carbocycles. The molecule has 2 rings (SSSR count). The molecule has 0 amide bonds. The number of hydrogen-bond donors (Lipinski definition) is 0. The Balaban J connectivity index is 2.97. The van der Waals surface area contributed by atoms with E-state index in [2.05, 4.69) is 60.6 Å². The van der Waals surface area contributed by atoms with Crippen molar-refractivity contribution in [2.24, 2.45) is 0 Å². The van der Waals surface area contributed by atoms with E-state index in [1.165, 1.54) is 33.2 Å². The lowest BCUT2D eigenvalue weighted by Gasteiger charge is -2.23. The van der Waals surface area contributed by atoms with Gasteiger partial charge in [0.05, 0.1) is 5.52 Å². The molecule has 96 valence electrons. The molecule has 18 heavy (non-hydrogen) atoms.